The van der Waals surface area contributed by atoms with Crippen LogP contribution in [0, 0.1) is 34.9 Å². The summed E-state index contributed by atoms with van der Waals surface area (Å²) in [5, 5.41) is 9.99. The first-order valence-electron chi connectivity index (χ1n) is 37.8. The van der Waals surface area contributed by atoms with Gasteiger partial charge >= 0.3 is 0 Å². The topological polar surface area (TPSA) is 129 Å². The lowest BCUT2D eigenvalue weighted by Gasteiger charge is -2.31. The summed E-state index contributed by atoms with van der Waals surface area (Å²) in [6.07, 6.45) is 20.7. The lowest BCUT2D eigenvalue weighted by Crippen LogP contribution is -2.34. The smallest absolute Gasteiger partial charge is 0.227 e. The average Bonchev–Trinajstić information content (AvgIpc) is 0.770. The number of ether oxygens (including phenoxy) is 1. The minimum Gasteiger partial charge on any atom is -0.385 e. The maximum absolute atomic E-state index is 14.0. The number of benzene rings is 9. The predicted octanol–water partition coefficient (Wildman–Crippen LogP) is 20.8. The molecule has 12 nitrogen and oxygen atoms in total. The third-order valence-corrected chi connectivity index (χ3v) is 21.4. The maximum atomic E-state index is 14.0. The highest BCUT2D eigenvalue weighted by Gasteiger charge is 2.32. The normalized spacial score (nSPS) is 15.4. The molecule has 18 heteroatoms. The number of nitrogens with zero attached hydrogens (tertiary/aromatic N) is 8. The molecule has 0 unspecified atom stereocenters. The van der Waals surface area contributed by atoms with Crippen molar-refractivity contribution in [2.24, 2.45) is 0 Å². The van der Waals surface area contributed by atoms with Crippen LogP contribution in [0.2, 0.25) is 0 Å². The standard InChI is InChI=1S/C33H34F2N4.C30H29F2N3O.C28H26F2N4/c1-39(26-7-3-2-4-8-26)18-17-22-11-14-25(15-12-22)37-33-36-21-24-19-29(23-13-16-30(34)31(35)20-23)27-9-5-6-10-28(27)32(24)38-33;1-36-16-6-2-3-7-20-10-13-23(14-11-20)34-30-33-19-22-17-26(21-12-15-27(31)28(32)18-21)24-8-4-5-9-25(24)29(22)35-30;1-34(2)14-13-18-7-10-21(11-8-18)32-28-31-17-20-15-24(19-9-12-25(29)26(30)16-19)22-5-3-4-6-23(22)27(20)33-28/h5-6,9-16,20-21,26,29H,2-4,7-8,17-19H2,1H3,(H,36,37,38);4-5,8-15,18-19,26H,2-3,6-7,16-17H2,1H3,(H,33,34,35);3-12,16-17,24H,13-15H2,1-2H3,(H,31,32,33)/t29-;26-;24-/m000/s1. The van der Waals surface area contributed by atoms with E-state index in [2.05, 4.69) is 123 Å². The number of nitrogens with one attached hydrogen (secondary N) is 3. The number of anilines is 6. The van der Waals surface area contributed by atoms with Gasteiger partial charge < -0.3 is 30.5 Å². The van der Waals surface area contributed by atoms with Gasteiger partial charge in [-0.15, -0.1) is 0 Å². The van der Waals surface area contributed by atoms with Crippen LogP contribution in [0.5, 0.6) is 0 Å². The fourth-order valence-corrected chi connectivity index (χ4v) is 15.4. The summed E-state index contributed by atoms with van der Waals surface area (Å²) in [4.78, 5) is 32.9. The Kier molecular flexibility index (Phi) is 24.0. The number of unbranched alkanes of at least 4 members (excludes halogenated alkanes) is 2. The van der Waals surface area contributed by atoms with Gasteiger partial charge in [-0.05, 0) is 225 Å². The van der Waals surface area contributed by atoms with Crippen molar-refractivity contribution >= 4 is 34.9 Å². The molecule has 0 amide bonds. The van der Waals surface area contributed by atoms with Crippen molar-refractivity contribution in [2.75, 3.05) is 63.9 Å². The Hall–Kier alpha value is -10.9. The molecule has 1 saturated carbocycles. The van der Waals surface area contributed by atoms with Gasteiger partial charge in [-0.3, -0.25) is 0 Å². The highest BCUT2D eigenvalue weighted by Crippen LogP contribution is 2.46. The van der Waals surface area contributed by atoms with Crippen LogP contribution in [0.15, 0.2) is 219 Å². The minimum atomic E-state index is -0.836. The van der Waals surface area contributed by atoms with Gasteiger partial charge in [0.05, 0.1) is 17.1 Å². The van der Waals surface area contributed by atoms with Crippen molar-refractivity contribution in [3.63, 3.8) is 0 Å². The number of hydrogen-bond acceptors (Lipinski definition) is 12. The van der Waals surface area contributed by atoms with Crippen molar-refractivity contribution in [2.45, 2.75) is 114 Å². The summed E-state index contributed by atoms with van der Waals surface area (Å²) >= 11 is 0. The Bertz CT molecular complexity index is 5120. The zero-order valence-electron chi connectivity index (χ0n) is 61.9. The second-order valence-electron chi connectivity index (χ2n) is 29.1. The first-order valence-corrected chi connectivity index (χ1v) is 37.8. The van der Waals surface area contributed by atoms with E-state index in [4.69, 9.17) is 19.7 Å². The van der Waals surface area contributed by atoms with Crippen LogP contribution in [0.1, 0.15) is 136 Å². The van der Waals surface area contributed by atoms with Crippen molar-refractivity contribution in [1.82, 2.24) is 39.7 Å². The Morgan fingerprint density at radius 3 is 1.10 bits per heavy atom. The summed E-state index contributed by atoms with van der Waals surface area (Å²) in [6, 6.07) is 62.5. The summed E-state index contributed by atoms with van der Waals surface area (Å²) in [6.45, 7) is 2.90. The van der Waals surface area contributed by atoms with Gasteiger partial charge in [-0.25, -0.2) is 56.2 Å². The van der Waals surface area contributed by atoms with E-state index >= 15 is 0 Å². The Balaban J connectivity index is 0.000000137. The predicted molar refractivity (Wildman–Crippen MR) is 422 cm³/mol. The van der Waals surface area contributed by atoms with Crippen LogP contribution in [-0.2, 0) is 43.3 Å². The molecule has 4 aliphatic carbocycles. The summed E-state index contributed by atoms with van der Waals surface area (Å²) in [5.41, 5.74) is 20.7. The van der Waals surface area contributed by atoms with Crippen molar-refractivity contribution in [1.29, 1.82) is 0 Å². The molecular weight excluding hydrogens is 1380 g/mol. The van der Waals surface area contributed by atoms with Gasteiger partial charge in [-0.1, -0.05) is 153 Å². The molecule has 556 valence electrons. The van der Waals surface area contributed by atoms with Crippen molar-refractivity contribution < 1.29 is 31.1 Å². The van der Waals surface area contributed by atoms with E-state index in [1.807, 2.05) is 104 Å². The molecule has 1 fully saturated rings. The SMILES string of the molecule is CN(C)CCc1ccc(Nc2ncc3c(n2)-c2ccccc2[C@H](c2ccc(F)c(F)c2)C3)cc1.CN(CCc1ccc(Nc2ncc3c(n2)-c2ccccc2[C@H](c2ccc(F)c(F)c2)C3)cc1)C1CCCCC1.COCCCCCc1ccc(Nc2ncc3c(n2)-c2ccccc2[C@H](c2ccc(F)c(F)c2)C3)cc1. The molecule has 0 radical (unpaired) electrons. The number of rotatable bonds is 22. The number of fused-ring (bicyclic) bond motifs is 9. The molecule has 3 heterocycles. The third kappa shape index (κ3) is 18.3. The molecule has 3 N–H and O–H groups in total. The summed E-state index contributed by atoms with van der Waals surface area (Å²) in [7, 11) is 8.14. The van der Waals surface area contributed by atoms with E-state index in [-0.39, 0.29) is 17.8 Å². The minimum absolute atomic E-state index is 0.0871. The van der Waals surface area contributed by atoms with Crippen LogP contribution in [0.4, 0.5) is 61.2 Å². The van der Waals surface area contributed by atoms with E-state index in [9.17, 15) is 26.3 Å². The van der Waals surface area contributed by atoms with Crippen LogP contribution in [0.25, 0.3) is 33.8 Å². The fraction of sp³-hybridized carbons (Fsp3) is 0.275. The fourth-order valence-electron chi connectivity index (χ4n) is 15.4. The Labute approximate surface area is 634 Å². The van der Waals surface area contributed by atoms with Crippen LogP contribution >= 0.6 is 0 Å². The van der Waals surface area contributed by atoms with Gasteiger partial charge in [0.25, 0.3) is 0 Å². The molecule has 3 aromatic heterocycles. The van der Waals surface area contributed by atoms with Gasteiger partial charge in [0, 0.05) is 103 Å². The second-order valence-corrected chi connectivity index (χ2v) is 29.1. The Morgan fingerprint density at radius 2 is 0.743 bits per heavy atom. The molecule has 0 aliphatic heterocycles. The highest BCUT2D eigenvalue weighted by atomic mass is 19.2. The molecular formula is C91H89F6N11O. The lowest BCUT2D eigenvalue weighted by molar-refractivity contribution is 0.192. The largest absolute Gasteiger partial charge is 0.385 e. The van der Waals surface area contributed by atoms with Gasteiger partial charge in [0.2, 0.25) is 17.8 Å². The molecule has 0 bridgehead atoms. The summed E-state index contributed by atoms with van der Waals surface area (Å²) < 4.78 is 87.7. The molecule has 16 rings (SSSR count). The van der Waals surface area contributed by atoms with E-state index in [0.717, 1.165) is 165 Å². The maximum Gasteiger partial charge on any atom is 0.227 e. The quantitative estimate of drug-likeness (QED) is 0.0441. The van der Waals surface area contributed by atoms with Crippen molar-refractivity contribution in [3.8, 4) is 33.8 Å². The first kappa shape index (κ1) is 74.9. The number of methoxy groups -OCH3 is 1. The molecule has 3 atom stereocenters. The molecule has 4 aliphatic rings. The zero-order chi connectivity index (χ0) is 75.3. The molecule has 0 spiro atoms. The summed E-state index contributed by atoms with van der Waals surface area (Å²) in [5.74, 6) is -3.65. The number of hydrogen-bond donors (Lipinski definition) is 3. The number of aromatic nitrogens is 6. The van der Waals surface area contributed by atoms with Crippen LogP contribution < -0.4 is 16.0 Å². The van der Waals surface area contributed by atoms with Crippen LogP contribution in [0.3, 0.4) is 0 Å². The second kappa shape index (κ2) is 35.0. The first-order chi connectivity index (χ1) is 53.1. The zero-order valence-corrected chi connectivity index (χ0v) is 61.9. The van der Waals surface area contributed by atoms with Crippen LogP contribution in [-0.4, -0.2) is 93.7 Å². The molecule has 0 saturated heterocycles. The average molecular weight is 1470 g/mol. The van der Waals surface area contributed by atoms with E-state index < -0.39 is 34.9 Å². The van der Waals surface area contributed by atoms with Gasteiger partial charge in [0.1, 0.15) is 0 Å². The van der Waals surface area contributed by atoms with Gasteiger partial charge in [-0.2, -0.15) is 0 Å². The van der Waals surface area contributed by atoms with Crippen molar-refractivity contribution in [3.05, 3.63) is 320 Å². The monoisotopic (exact) mass is 1470 g/mol. The lowest BCUT2D eigenvalue weighted by atomic mass is 9.78. The molecule has 9 aromatic carbocycles. The highest BCUT2D eigenvalue weighted by molar-refractivity contribution is 5.76. The number of likely N-dealkylation sites (N-methyl/N-ethyl adjacent to an activating group) is 2. The molecule has 12 aromatic rings. The van der Waals surface area contributed by atoms with E-state index in [0.29, 0.717) is 37.1 Å². The third-order valence-electron chi connectivity index (χ3n) is 21.4. The van der Waals surface area contributed by atoms with E-state index in [1.54, 1.807) is 25.3 Å². The molecule has 109 heavy (non-hydrogen) atoms. The number of halogens is 6. The van der Waals surface area contributed by atoms with E-state index in [1.165, 1.54) is 85.2 Å². The Morgan fingerprint density at radius 1 is 0.385 bits per heavy atom. The number of aryl methyl sites for hydroxylation is 1. The van der Waals surface area contributed by atoms with Gasteiger partial charge in [0.15, 0.2) is 34.9 Å².